The molecule has 3 aromatic carbocycles. The van der Waals surface area contributed by atoms with E-state index in [-0.39, 0.29) is 27.0 Å². The average Bonchev–Trinajstić information content (AvgIpc) is 2.63. The summed E-state index contributed by atoms with van der Waals surface area (Å²) in [5.74, 6) is -0.536. The molecule has 4 aromatic rings. The van der Waals surface area contributed by atoms with Crippen LogP contribution in [-0.2, 0) is 10.0 Å². The third kappa shape index (κ3) is 2.72. The van der Waals surface area contributed by atoms with Crippen molar-refractivity contribution >= 4 is 37.6 Å². The molecule has 0 atom stereocenters. The maximum atomic E-state index is 13.0. The van der Waals surface area contributed by atoms with Crippen molar-refractivity contribution in [3.8, 4) is 0 Å². The van der Waals surface area contributed by atoms with Crippen molar-refractivity contribution in [2.75, 3.05) is 4.72 Å². The fourth-order valence-electron chi connectivity index (χ4n) is 2.72. The van der Waals surface area contributed by atoms with Gasteiger partial charge in [-0.25, -0.2) is 12.8 Å². The first-order chi connectivity index (χ1) is 12.5. The maximum absolute atomic E-state index is 13.0. The molecule has 0 saturated carbocycles. The molecule has 0 spiro atoms. The normalized spacial score (nSPS) is 11.7. The van der Waals surface area contributed by atoms with Crippen LogP contribution in [0.4, 0.5) is 10.1 Å². The first-order valence-electron chi connectivity index (χ1n) is 7.69. The Morgan fingerprint density at radius 2 is 1.54 bits per heavy atom. The van der Waals surface area contributed by atoms with Gasteiger partial charge in [0, 0.05) is 0 Å². The largest absolute Gasteiger partial charge is 0.454 e. The molecule has 130 valence electrons. The Morgan fingerprint density at radius 1 is 0.846 bits per heavy atom. The molecule has 0 saturated heterocycles. The Bertz CT molecular complexity index is 1290. The Morgan fingerprint density at radius 3 is 2.31 bits per heavy atom. The van der Waals surface area contributed by atoms with Crippen LogP contribution in [0.1, 0.15) is 0 Å². The molecule has 7 heteroatoms. The van der Waals surface area contributed by atoms with Gasteiger partial charge in [0.15, 0.2) is 5.58 Å². The molecular formula is C19H12FNO4S. The average molecular weight is 369 g/mol. The van der Waals surface area contributed by atoms with E-state index >= 15 is 0 Å². The molecule has 4 rings (SSSR count). The number of fused-ring (bicyclic) bond motifs is 2. The Hall–Kier alpha value is -3.19. The zero-order valence-electron chi connectivity index (χ0n) is 13.3. The van der Waals surface area contributed by atoms with Crippen molar-refractivity contribution in [2.24, 2.45) is 0 Å². The molecule has 0 amide bonds. The van der Waals surface area contributed by atoms with Crippen LogP contribution in [-0.4, -0.2) is 8.42 Å². The van der Waals surface area contributed by atoms with E-state index in [4.69, 9.17) is 4.42 Å². The SMILES string of the molecule is O=c1c2ccccc2oc2c(NS(=O)(=O)c3ccc(F)cc3)cccc12. The van der Waals surface area contributed by atoms with Gasteiger partial charge in [-0.1, -0.05) is 18.2 Å². The fourth-order valence-corrected chi connectivity index (χ4v) is 3.78. The minimum atomic E-state index is -3.97. The third-order valence-corrected chi connectivity index (χ3v) is 5.35. The highest BCUT2D eigenvalue weighted by molar-refractivity contribution is 7.92. The molecule has 0 bridgehead atoms. The molecular weight excluding hydrogens is 357 g/mol. The van der Waals surface area contributed by atoms with Crippen LogP contribution in [0.3, 0.4) is 0 Å². The summed E-state index contributed by atoms with van der Waals surface area (Å²) in [4.78, 5) is 12.5. The number of halogens is 1. The number of rotatable bonds is 3. The standard InChI is InChI=1S/C19H12FNO4S/c20-12-8-10-13(11-9-12)26(23,24)21-16-6-3-5-15-18(22)14-4-1-2-7-17(14)25-19(15)16/h1-11,21H. The van der Waals surface area contributed by atoms with E-state index in [1.54, 1.807) is 36.4 Å². The van der Waals surface area contributed by atoms with E-state index in [0.717, 1.165) is 24.3 Å². The zero-order chi connectivity index (χ0) is 18.3. The van der Waals surface area contributed by atoms with Gasteiger partial charge in [-0.2, -0.15) is 0 Å². The Balaban J connectivity index is 1.89. The number of hydrogen-bond donors (Lipinski definition) is 1. The molecule has 0 unspecified atom stereocenters. The lowest BCUT2D eigenvalue weighted by Gasteiger charge is -2.10. The molecule has 5 nitrogen and oxygen atoms in total. The van der Waals surface area contributed by atoms with E-state index < -0.39 is 15.8 Å². The van der Waals surface area contributed by atoms with Gasteiger partial charge in [0.25, 0.3) is 10.0 Å². The minimum absolute atomic E-state index is 0.0981. The van der Waals surface area contributed by atoms with Crippen molar-refractivity contribution in [1.29, 1.82) is 0 Å². The monoisotopic (exact) mass is 369 g/mol. The second kappa shape index (κ2) is 5.96. The highest BCUT2D eigenvalue weighted by Gasteiger charge is 2.18. The second-order valence-electron chi connectivity index (χ2n) is 5.67. The molecule has 1 N–H and O–H groups in total. The van der Waals surface area contributed by atoms with Crippen LogP contribution in [0.15, 0.2) is 80.8 Å². The molecule has 0 aliphatic rings. The topological polar surface area (TPSA) is 76.4 Å². The molecule has 0 aliphatic carbocycles. The summed E-state index contributed by atoms with van der Waals surface area (Å²) in [5.41, 5.74) is 0.389. The number of para-hydroxylation sites is 2. The number of anilines is 1. The second-order valence-corrected chi connectivity index (χ2v) is 7.35. The number of nitrogens with one attached hydrogen (secondary N) is 1. The van der Waals surface area contributed by atoms with Crippen molar-refractivity contribution < 1.29 is 17.2 Å². The van der Waals surface area contributed by atoms with Crippen molar-refractivity contribution in [2.45, 2.75) is 4.90 Å². The molecule has 1 heterocycles. The lowest BCUT2D eigenvalue weighted by Crippen LogP contribution is -2.14. The van der Waals surface area contributed by atoms with Crippen LogP contribution < -0.4 is 10.2 Å². The van der Waals surface area contributed by atoms with Crippen molar-refractivity contribution in [3.05, 3.63) is 82.8 Å². The summed E-state index contributed by atoms with van der Waals surface area (Å²) in [6.07, 6.45) is 0. The molecule has 1 aromatic heterocycles. The molecule has 0 radical (unpaired) electrons. The van der Waals surface area contributed by atoms with Crippen LogP contribution in [0.25, 0.3) is 21.9 Å². The molecule has 0 fully saturated rings. The zero-order valence-corrected chi connectivity index (χ0v) is 14.1. The van der Waals surface area contributed by atoms with Gasteiger partial charge in [-0.15, -0.1) is 0 Å². The van der Waals surface area contributed by atoms with Gasteiger partial charge in [0.2, 0.25) is 5.43 Å². The summed E-state index contributed by atoms with van der Waals surface area (Å²) in [5, 5.41) is 0.682. The van der Waals surface area contributed by atoms with E-state index in [0.29, 0.717) is 11.0 Å². The van der Waals surface area contributed by atoms with Gasteiger partial charge < -0.3 is 4.42 Å². The first kappa shape index (κ1) is 16.3. The van der Waals surface area contributed by atoms with Crippen LogP contribution >= 0.6 is 0 Å². The van der Waals surface area contributed by atoms with E-state index in [2.05, 4.69) is 4.72 Å². The smallest absolute Gasteiger partial charge is 0.262 e. The number of hydrogen-bond acceptors (Lipinski definition) is 4. The Kier molecular flexibility index (Phi) is 3.73. The predicted molar refractivity (Wildman–Crippen MR) is 97.2 cm³/mol. The third-order valence-electron chi connectivity index (χ3n) is 3.97. The fraction of sp³-hybridized carbons (Fsp3) is 0. The summed E-state index contributed by atoms with van der Waals surface area (Å²) < 4.78 is 46.3. The summed E-state index contributed by atoms with van der Waals surface area (Å²) in [6, 6.07) is 15.8. The molecule has 0 aliphatic heterocycles. The predicted octanol–water partition coefficient (Wildman–Crippen LogP) is 3.89. The summed E-state index contributed by atoms with van der Waals surface area (Å²) in [6.45, 7) is 0. The minimum Gasteiger partial charge on any atom is -0.454 e. The van der Waals surface area contributed by atoms with Crippen LogP contribution in [0.5, 0.6) is 0 Å². The van der Waals surface area contributed by atoms with Gasteiger partial charge >= 0.3 is 0 Å². The number of sulfonamides is 1. The quantitative estimate of drug-likeness (QED) is 0.556. The van der Waals surface area contributed by atoms with Gasteiger partial charge in [0.1, 0.15) is 11.4 Å². The summed E-state index contributed by atoms with van der Waals surface area (Å²) in [7, 11) is -3.97. The van der Waals surface area contributed by atoms with E-state index in [1.165, 1.54) is 6.07 Å². The lowest BCUT2D eigenvalue weighted by molar-refractivity contribution is 0.599. The van der Waals surface area contributed by atoms with Crippen LogP contribution in [0.2, 0.25) is 0 Å². The van der Waals surface area contributed by atoms with Crippen LogP contribution in [0, 0.1) is 5.82 Å². The highest BCUT2D eigenvalue weighted by atomic mass is 32.2. The van der Waals surface area contributed by atoms with Gasteiger partial charge in [0.05, 0.1) is 21.4 Å². The van der Waals surface area contributed by atoms with E-state index in [1.807, 2.05) is 0 Å². The van der Waals surface area contributed by atoms with Gasteiger partial charge in [-0.05, 0) is 48.5 Å². The molecule has 26 heavy (non-hydrogen) atoms. The Labute approximate surface area is 147 Å². The first-order valence-corrected chi connectivity index (χ1v) is 9.17. The van der Waals surface area contributed by atoms with Crippen molar-refractivity contribution in [3.63, 3.8) is 0 Å². The number of benzene rings is 3. The maximum Gasteiger partial charge on any atom is 0.262 e. The summed E-state index contributed by atoms with van der Waals surface area (Å²) >= 11 is 0. The van der Waals surface area contributed by atoms with Gasteiger partial charge in [-0.3, -0.25) is 9.52 Å². The lowest BCUT2D eigenvalue weighted by atomic mass is 10.1. The van der Waals surface area contributed by atoms with Crippen molar-refractivity contribution in [1.82, 2.24) is 0 Å². The van der Waals surface area contributed by atoms with E-state index in [9.17, 15) is 17.6 Å². The highest BCUT2D eigenvalue weighted by Crippen LogP contribution is 2.27.